The molecule has 0 aromatic carbocycles. The van der Waals surface area contributed by atoms with Gasteiger partial charge < -0.3 is 144 Å². The molecule has 0 amide bonds. The van der Waals surface area contributed by atoms with Crippen LogP contribution in [-0.4, -0.2) is 295 Å². The molecule has 0 aliphatic carbocycles. The van der Waals surface area contributed by atoms with Gasteiger partial charge in [0.05, 0.1) is 0 Å². The van der Waals surface area contributed by atoms with E-state index in [1.807, 2.05) is 0 Å². The molecule has 0 unspecified atom stereocenters. The molecule has 0 aliphatic rings. The zero-order valence-corrected chi connectivity index (χ0v) is 40.7. The smallest absolute Gasteiger partial charge is 0.857 e. The predicted octanol–water partition coefficient (Wildman–Crippen LogP) is -29.5. The van der Waals surface area contributed by atoms with Gasteiger partial charge in [0.2, 0.25) is 0 Å². The Labute approximate surface area is 400 Å². The van der Waals surface area contributed by atoms with Gasteiger partial charge in [-0.05, 0) is 0 Å². The fourth-order valence-electron chi connectivity index (χ4n) is 0. The van der Waals surface area contributed by atoms with Crippen molar-refractivity contribution in [2.75, 3.05) is 0 Å². The average Bonchev–Trinajstić information content (AvgIpc) is 1.94. The van der Waals surface area contributed by atoms with Crippen molar-refractivity contribution in [1.29, 1.82) is 0 Å². The summed E-state index contributed by atoms with van der Waals surface area (Å²) >= 11 is 0. The minimum atomic E-state index is -5.86. The maximum Gasteiger partial charge on any atom is 2.00 e. The minimum absolute atomic E-state index is 0. The second-order valence-corrected chi connectivity index (χ2v) is 8.67. The predicted molar refractivity (Wildman–Crippen MR) is 115 cm³/mol. The van der Waals surface area contributed by atoms with Crippen LogP contribution in [-0.2, 0) is 0 Å². The van der Waals surface area contributed by atoms with E-state index >= 15 is 0 Å². The summed E-state index contributed by atoms with van der Waals surface area (Å²) < 4.78 is 61.0. The molecule has 0 fully saturated rings. The molecule has 0 aliphatic heterocycles. The Hall–Kier alpha value is 6.82. The van der Waals surface area contributed by atoms with Crippen molar-refractivity contribution in [3.63, 3.8) is 0 Å². The van der Waals surface area contributed by atoms with Crippen LogP contribution in [0.2, 0.25) is 0 Å². The van der Waals surface area contributed by atoms with Crippen molar-refractivity contribution < 1.29 is 144 Å². The van der Waals surface area contributed by atoms with Crippen molar-refractivity contribution in [3.05, 3.63) is 0 Å². The molecule has 12 N–H and O–H groups in total. The first-order valence-corrected chi connectivity index (χ1v) is 14.4. The van der Waals surface area contributed by atoms with E-state index in [1.165, 1.54) is 0 Å². The van der Waals surface area contributed by atoms with Crippen LogP contribution in [0.3, 0.4) is 0 Å². The van der Waals surface area contributed by atoms with Gasteiger partial charge >= 0.3 is 207 Å². The molecule has 0 saturated carbocycles. The fourth-order valence-corrected chi connectivity index (χ4v) is 0. The van der Waals surface area contributed by atoms with E-state index < -0.39 is 54.8 Å². The van der Waals surface area contributed by atoms with Gasteiger partial charge in [-0.2, -0.15) is 0 Å². The van der Waals surface area contributed by atoms with Gasteiger partial charge in [-0.1, -0.05) is 54.8 Å². The molecule has 0 spiro atoms. The van der Waals surface area contributed by atoms with Crippen molar-refractivity contribution in [2.24, 2.45) is 0 Å². The molecule has 45 heteroatoms. The van der Waals surface area contributed by atoms with Crippen LogP contribution >= 0.6 is 0 Å². The van der Waals surface area contributed by atoms with E-state index in [-0.39, 0.29) is 240 Å². The topological polar surface area (TPSA) is 604 Å². The maximum absolute atomic E-state index is 10.2. The Kier molecular flexibility index (Phi) is 215. The molecular formula is H12F6Mg9O24Si6. The third kappa shape index (κ3) is 2610. The van der Waals surface area contributed by atoms with Crippen LogP contribution in [0.1, 0.15) is 0 Å². The number of hydrogen-bond acceptors (Lipinski definition) is 18. The molecule has 240 valence electrons. The fraction of sp³-hybridized carbons (Fsp3) is 0. The van der Waals surface area contributed by atoms with Crippen molar-refractivity contribution in [2.45, 2.75) is 0 Å². The summed E-state index contributed by atoms with van der Waals surface area (Å²) in [5, 5.41) is 0. The molecule has 0 radical (unpaired) electrons. The summed E-state index contributed by atoms with van der Waals surface area (Å²) in [5.41, 5.74) is 0. The maximum atomic E-state index is 10.2. The van der Waals surface area contributed by atoms with E-state index in [0.717, 1.165) is 0 Å². The second-order valence-electron chi connectivity index (χ2n) is 2.89. The van der Waals surface area contributed by atoms with Gasteiger partial charge in [0.1, 0.15) is 0 Å². The number of rotatable bonds is 0. The molecule has 0 saturated heterocycles. The van der Waals surface area contributed by atoms with E-state index in [9.17, 15) is 24.6 Å². The molecule has 0 rings (SSSR count). The normalized spacial score (nSPS) is 8.00. The first-order valence-electron chi connectivity index (χ1n) is 4.81. The van der Waals surface area contributed by atoms with Crippen molar-refractivity contribution in [3.8, 4) is 0 Å². The van der Waals surface area contributed by atoms with Crippen LogP contribution in [0, 0.1) is 0 Å². The van der Waals surface area contributed by atoms with E-state index in [4.69, 9.17) is 86.3 Å². The molecule has 0 atom stereocenters. The first kappa shape index (κ1) is 141. The van der Waals surface area contributed by atoms with Crippen LogP contribution in [0.5, 0.6) is 0 Å². The SMILES string of the molecule is O.O.O.O.O.O.[Mg+2].[Mg+2].[Mg+2].[Mg+2].[Mg+2].[Mg+2].[Mg+2].[Mg+2].[Mg+2].[O-][Si]([O-])([O-])F.[O-][Si]([O-])([O-])F.[O-][Si]([O-])([O-])F.[O-][Si]([O-])([O-])F.[O-][Si]([O-])([O-])F.[O-][Si]([O-])([O-])F. The summed E-state index contributed by atoms with van der Waals surface area (Å²) in [6.07, 6.45) is 0. The Morgan fingerprint density at radius 1 is 0.178 bits per heavy atom. The van der Waals surface area contributed by atoms with Crippen LogP contribution < -0.4 is 86.3 Å². The third-order valence-corrected chi connectivity index (χ3v) is 0. The summed E-state index contributed by atoms with van der Waals surface area (Å²) in [4.78, 5) is 152. The Balaban J connectivity index is -0.00000000758. The van der Waals surface area contributed by atoms with Crippen molar-refractivity contribution >= 4 is 262 Å². The molecule has 24 nitrogen and oxygen atoms in total. The quantitative estimate of drug-likeness (QED) is 0.124. The molecular weight excluding hydrogens is 885 g/mol. The molecule has 0 heterocycles. The van der Waals surface area contributed by atoms with Crippen LogP contribution in [0.25, 0.3) is 0 Å². The van der Waals surface area contributed by atoms with Crippen LogP contribution in [0.4, 0.5) is 24.6 Å². The van der Waals surface area contributed by atoms with Crippen LogP contribution in [0.15, 0.2) is 0 Å². The first-order chi connectivity index (χ1) is 12.0. The standard InChI is InChI=1S/6FO3Si.9Mg.6H2O/c6*1-5(2,3)4;;;;;;;;;;;;;;;/h;;;;;;;;;;;;;;;6*1H2/q6*-3;9*+2;;;;;;. The summed E-state index contributed by atoms with van der Waals surface area (Å²) in [6.45, 7) is 0. The zero-order chi connectivity index (χ0) is 27.0. The van der Waals surface area contributed by atoms with E-state index in [0.29, 0.717) is 0 Å². The largest absolute Gasteiger partial charge is 2.00 e. The second kappa shape index (κ2) is 68.8. The van der Waals surface area contributed by atoms with Gasteiger partial charge in [0.15, 0.2) is 0 Å². The molecule has 0 bridgehead atoms. The Bertz CT molecular complexity index is 264. The van der Waals surface area contributed by atoms with Gasteiger partial charge in [-0.15, -0.1) is 0 Å². The van der Waals surface area contributed by atoms with E-state index in [1.54, 1.807) is 0 Å². The number of hydrogen-bond donors (Lipinski definition) is 0. The molecule has 0 aromatic heterocycles. The summed E-state index contributed by atoms with van der Waals surface area (Å²) in [6, 6.07) is 0. The minimum Gasteiger partial charge on any atom is -0.857 e. The summed E-state index contributed by atoms with van der Waals surface area (Å²) in [5.74, 6) is 0. The Morgan fingerprint density at radius 3 is 0.178 bits per heavy atom. The Morgan fingerprint density at radius 2 is 0.178 bits per heavy atom. The van der Waals surface area contributed by atoms with Gasteiger partial charge in [0.25, 0.3) is 0 Å². The van der Waals surface area contributed by atoms with E-state index in [2.05, 4.69) is 0 Å². The zero-order valence-electron chi connectivity index (χ0n) is 22.0. The van der Waals surface area contributed by atoms with Crippen molar-refractivity contribution in [1.82, 2.24) is 0 Å². The third-order valence-electron chi connectivity index (χ3n) is 0. The van der Waals surface area contributed by atoms with Gasteiger partial charge in [0, 0.05) is 0 Å². The summed E-state index contributed by atoms with van der Waals surface area (Å²) in [7, 11) is -35.2. The average molecular weight is 897 g/mol. The van der Waals surface area contributed by atoms with Gasteiger partial charge in [-0.25, -0.2) is 0 Å². The number of halogens is 6. The monoisotopic (exact) mass is 894 g/mol. The molecule has 45 heavy (non-hydrogen) atoms. The molecule has 0 aromatic rings. The van der Waals surface area contributed by atoms with Gasteiger partial charge in [-0.3, -0.25) is 0 Å².